The molecule has 2 aliphatic rings. The molecule has 9 nitrogen and oxygen atoms in total. The van der Waals surface area contributed by atoms with E-state index < -0.39 is 23.0 Å². The van der Waals surface area contributed by atoms with E-state index in [0.717, 1.165) is 16.7 Å². The van der Waals surface area contributed by atoms with Gasteiger partial charge in [-0.25, -0.2) is 0 Å². The van der Waals surface area contributed by atoms with E-state index >= 15 is 0 Å². The number of carbonyl (C=O) groups excluding carboxylic acids is 5. The average Bonchev–Trinajstić information content (AvgIpc) is 3.24. The number of pyridine rings is 1. The van der Waals surface area contributed by atoms with E-state index in [1.165, 1.54) is 23.1 Å². The van der Waals surface area contributed by atoms with Crippen molar-refractivity contribution in [3.05, 3.63) is 69.9 Å². The second-order valence-corrected chi connectivity index (χ2v) is 9.57. The van der Waals surface area contributed by atoms with Gasteiger partial charge in [0.15, 0.2) is 0 Å². The van der Waals surface area contributed by atoms with Gasteiger partial charge in [-0.2, -0.15) is 0 Å². The highest BCUT2D eigenvalue weighted by molar-refractivity contribution is 8.18. The van der Waals surface area contributed by atoms with Crippen LogP contribution in [0.2, 0.25) is 0 Å². The van der Waals surface area contributed by atoms with E-state index in [9.17, 15) is 24.0 Å². The Kier molecular flexibility index (Phi) is 7.11. The summed E-state index contributed by atoms with van der Waals surface area (Å²) in [4.78, 5) is 69.3. The number of hydrogen-bond donors (Lipinski definition) is 1. The fourth-order valence-corrected chi connectivity index (χ4v) is 4.58. The van der Waals surface area contributed by atoms with E-state index in [2.05, 4.69) is 10.3 Å². The molecule has 0 unspecified atom stereocenters. The van der Waals surface area contributed by atoms with Gasteiger partial charge in [0.05, 0.1) is 16.0 Å². The quantitative estimate of drug-likeness (QED) is 0.444. The first kappa shape index (κ1) is 24.3. The highest BCUT2D eigenvalue weighted by Crippen LogP contribution is 2.31. The molecule has 1 aromatic heterocycles. The number of rotatable bonds is 8. The Labute approximate surface area is 206 Å². The van der Waals surface area contributed by atoms with Crippen LogP contribution in [0, 0.1) is 5.92 Å². The zero-order chi connectivity index (χ0) is 25.1. The van der Waals surface area contributed by atoms with Gasteiger partial charge in [-0.05, 0) is 60.0 Å². The van der Waals surface area contributed by atoms with Crippen molar-refractivity contribution in [3.8, 4) is 0 Å². The molecular formula is C25H24N4O5S. The first-order valence-corrected chi connectivity index (χ1v) is 12.0. The maximum atomic E-state index is 12.7. The lowest BCUT2D eigenvalue weighted by Gasteiger charge is -2.14. The van der Waals surface area contributed by atoms with E-state index in [1.54, 1.807) is 30.6 Å². The molecule has 0 bridgehead atoms. The van der Waals surface area contributed by atoms with Crippen molar-refractivity contribution in [1.29, 1.82) is 0 Å². The van der Waals surface area contributed by atoms with Gasteiger partial charge in [-0.15, -0.1) is 0 Å². The summed E-state index contributed by atoms with van der Waals surface area (Å²) in [6.07, 6.45) is 5.50. The van der Waals surface area contributed by atoms with Crippen LogP contribution in [0.25, 0.3) is 6.08 Å². The summed E-state index contributed by atoms with van der Waals surface area (Å²) >= 11 is 0.836. The van der Waals surface area contributed by atoms with Crippen LogP contribution in [0.15, 0.2) is 47.6 Å². The van der Waals surface area contributed by atoms with Gasteiger partial charge in [0.2, 0.25) is 0 Å². The van der Waals surface area contributed by atoms with Crippen molar-refractivity contribution in [2.45, 2.75) is 20.3 Å². The third-order valence-electron chi connectivity index (χ3n) is 5.64. The number of nitrogens with zero attached hydrogens (tertiary/aromatic N) is 3. The molecule has 0 spiro atoms. The fraction of sp³-hybridized carbons (Fsp3) is 0.280. The first-order valence-electron chi connectivity index (χ1n) is 11.2. The molecule has 0 radical (unpaired) electrons. The van der Waals surface area contributed by atoms with Gasteiger partial charge in [0, 0.05) is 37.6 Å². The second-order valence-electron chi connectivity index (χ2n) is 8.58. The Morgan fingerprint density at radius 2 is 1.80 bits per heavy atom. The summed E-state index contributed by atoms with van der Waals surface area (Å²) in [6.45, 7) is 4.41. The standard InChI is InChI=1S/C25H24N4O5S/c1-15(2)7-10-28-22(31)18-6-5-17(13-19(18)23(28)32)21(30)27-9-11-29-24(33)20(35-25(29)34)12-16-4-3-8-26-14-16/h3-6,8,12-15H,7,9-11H2,1-2H3,(H,27,30). The summed E-state index contributed by atoms with van der Waals surface area (Å²) < 4.78 is 0. The van der Waals surface area contributed by atoms with E-state index in [0.29, 0.717) is 24.4 Å². The number of carbonyl (C=O) groups is 5. The van der Waals surface area contributed by atoms with E-state index in [-0.39, 0.29) is 40.6 Å². The maximum absolute atomic E-state index is 12.7. The van der Waals surface area contributed by atoms with Crippen molar-refractivity contribution in [1.82, 2.24) is 20.1 Å². The topological polar surface area (TPSA) is 117 Å². The monoisotopic (exact) mass is 492 g/mol. The van der Waals surface area contributed by atoms with Crippen LogP contribution in [-0.2, 0) is 4.79 Å². The third kappa shape index (κ3) is 5.17. The van der Waals surface area contributed by atoms with Gasteiger partial charge >= 0.3 is 0 Å². The Balaban J connectivity index is 1.36. The lowest BCUT2D eigenvalue weighted by Crippen LogP contribution is -2.37. The van der Waals surface area contributed by atoms with Crippen LogP contribution >= 0.6 is 11.8 Å². The normalized spacial score (nSPS) is 16.6. The molecule has 1 N–H and O–H groups in total. The molecule has 35 heavy (non-hydrogen) atoms. The van der Waals surface area contributed by atoms with Crippen LogP contribution < -0.4 is 5.32 Å². The summed E-state index contributed by atoms with van der Waals surface area (Å²) in [5.41, 5.74) is 1.42. The third-order valence-corrected chi connectivity index (χ3v) is 6.55. The van der Waals surface area contributed by atoms with Crippen LogP contribution in [-0.4, -0.2) is 63.3 Å². The SMILES string of the molecule is CC(C)CCN1C(=O)c2ccc(C(=O)NCCN3C(=O)SC(=Cc4cccnc4)C3=O)cc2C1=O. The highest BCUT2D eigenvalue weighted by atomic mass is 32.2. The van der Waals surface area contributed by atoms with Gasteiger partial charge < -0.3 is 5.32 Å². The largest absolute Gasteiger partial charge is 0.350 e. The molecule has 1 fully saturated rings. The van der Waals surface area contributed by atoms with Crippen molar-refractivity contribution in [2.75, 3.05) is 19.6 Å². The smallest absolute Gasteiger partial charge is 0.293 e. The molecule has 0 saturated carbocycles. The second kappa shape index (κ2) is 10.2. The Morgan fingerprint density at radius 1 is 1.03 bits per heavy atom. The molecule has 180 valence electrons. The number of amides is 5. The van der Waals surface area contributed by atoms with E-state index in [4.69, 9.17) is 0 Å². The highest BCUT2D eigenvalue weighted by Gasteiger charge is 2.36. The number of fused-ring (bicyclic) bond motifs is 1. The molecule has 4 rings (SSSR count). The predicted molar refractivity (Wildman–Crippen MR) is 131 cm³/mol. The average molecular weight is 493 g/mol. The van der Waals surface area contributed by atoms with Gasteiger partial charge in [0.25, 0.3) is 28.9 Å². The Bertz CT molecular complexity index is 1240. The molecule has 1 aromatic carbocycles. The molecule has 0 atom stereocenters. The molecule has 3 heterocycles. The minimum Gasteiger partial charge on any atom is -0.350 e. The summed E-state index contributed by atoms with van der Waals surface area (Å²) in [7, 11) is 0. The molecule has 2 aromatic rings. The number of hydrogen-bond acceptors (Lipinski definition) is 7. The van der Waals surface area contributed by atoms with Crippen LogP contribution in [0.5, 0.6) is 0 Å². The summed E-state index contributed by atoms with van der Waals surface area (Å²) in [6, 6.07) is 7.90. The molecule has 5 amide bonds. The molecule has 1 saturated heterocycles. The maximum Gasteiger partial charge on any atom is 0.293 e. The number of aromatic nitrogens is 1. The minimum absolute atomic E-state index is 0.00607. The number of thioether (sulfide) groups is 1. The number of nitrogens with one attached hydrogen (secondary N) is 1. The fourth-order valence-electron chi connectivity index (χ4n) is 3.71. The molecule has 10 heteroatoms. The van der Waals surface area contributed by atoms with Crippen LogP contribution in [0.3, 0.4) is 0 Å². The first-order chi connectivity index (χ1) is 16.8. The van der Waals surface area contributed by atoms with Crippen molar-refractivity contribution < 1.29 is 24.0 Å². The lowest BCUT2D eigenvalue weighted by atomic mass is 10.1. The van der Waals surface area contributed by atoms with Crippen molar-refractivity contribution in [2.24, 2.45) is 5.92 Å². The van der Waals surface area contributed by atoms with Crippen molar-refractivity contribution >= 4 is 46.7 Å². The van der Waals surface area contributed by atoms with Crippen LogP contribution in [0.4, 0.5) is 4.79 Å². The van der Waals surface area contributed by atoms with Gasteiger partial charge in [-0.3, -0.25) is 38.8 Å². The van der Waals surface area contributed by atoms with E-state index in [1.807, 2.05) is 13.8 Å². The zero-order valence-electron chi connectivity index (χ0n) is 19.3. The molecular weight excluding hydrogens is 468 g/mol. The van der Waals surface area contributed by atoms with Crippen molar-refractivity contribution in [3.63, 3.8) is 0 Å². The Morgan fingerprint density at radius 3 is 2.51 bits per heavy atom. The number of benzene rings is 1. The number of imide groups is 2. The molecule has 2 aliphatic heterocycles. The predicted octanol–water partition coefficient (Wildman–Crippen LogP) is 3.19. The van der Waals surface area contributed by atoms with Crippen LogP contribution in [0.1, 0.15) is 56.9 Å². The van der Waals surface area contributed by atoms with Gasteiger partial charge in [-0.1, -0.05) is 19.9 Å². The van der Waals surface area contributed by atoms with Gasteiger partial charge in [0.1, 0.15) is 0 Å². The summed E-state index contributed by atoms with van der Waals surface area (Å²) in [5, 5.41) is 2.25. The summed E-state index contributed by atoms with van der Waals surface area (Å²) in [5.74, 6) is -1.31. The minimum atomic E-state index is -0.466. The Hall–Kier alpha value is -3.79. The molecule has 0 aliphatic carbocycles. The lowest BCUT2D eigenvalue weighted by molar-refractivity contribution is -0.122. The zero-order valence-corrected chi connectivity index (χ0v) is 20.1.